The molecular formula is C15H20BrNO2. The number of carbonyl (C=O) groups excluding carboxylic acids is 1. The maximum absolute atomic E-state index is 11.9. The van der Waals surface area contributed by atoms with Crippen molar-refractivity contribution in [3.05, 3.63) is 35.9 Å². The van der Waals surface area contributed by atoms with Crippen molar-refractivity contribution in [3.63, 3.8) is 0 Å². The molecule has 0 bridgehead atoms. The van der Waals surface area contributed by atoms with Crippen LogP contribution in [0.1, 0.15) is 37.7 Å². The van der Waals surface area contributed by atoms with Crippen molar-refractivity contribution in [1.29, 1.82) is 0 Å². The van der Waals surface area contributed by atoms with Crippen molar-refractivity contribution in [3.8, 4) is 0 Å². The topological polar surface area (TPSA) is 38.3 Å². The summed E-state index contributed by atoms with van der Waals surface area (Å²) in [5, 5.41) is 0. The third-order valence-corrected chi connectivity index (χ3v) is 4.14. The van der Waals surface area contributed by atoms with Gasteiger partial charge < -0.3 is 4.84 Å². The summed E-state index contributed by atoms with van der Waals surface area (Å²) in [5.41, 5.74) is 4.03. The second-order valence-corrected chi connectivity index (χ2v) is 6.14. The number of alkyl halides is 1. The minimum Gasteiger partial charge on any atom is -0.369 e. The van der Waals surface area contributed by atoms with Gasteiger partial charge in [-0.05, 0) is 24.8 Å². The van der Waals surface area contributed by atoms with Gasteiger partial charge in [0.1, 0.15) is 4.83 Å². The Kier molecular flexibility index (Phi) is 5.86. The van der Waals surface area contributed by atoms with Crippen LogP contribution in [0.25, 0.3) is 0 Å². The molecule has 3 nitrogen and oxygen atoms in total. The van der Waals surface area contributed by atoms with E-state index in [4.69, 9.17) is 4.84 Å². The Bertz CT molecular complexity index is 390. The molecular weight excluding hydrogens is 306 g/mol. The van der Waals surface area contributed by atoms with Crippen molar-refractivity contribution >= 4 is 21.9 Å². The fraction of sp³-hybridized carbons (Fsp3) is 0.533. The van der Waals surface area contributed by atoms with Gasteiger partial charge in [-0.15, -0.1) is 5.48 Å². The molecule has 1 aromatic rings. The van der Waals surface area contributed by atoms with Crippen LogP contribution in [0, 0.1) is 0 Å². The molecule has 0 radical (unpaired) electrons. The van der Waals surface area contributed by atoms with Crippen LogP contribution in [0.15, 0.2) is 30.3 Å². The lowest BCUT2D eigenvalue weighted by Crippen LogP contribution is -2.35. The van der Waals surface area contributed by atoms with Gasteiger partial charge in [0.15, 0.2) is 0 Å². The summed E-state index contributed by atoms with van der Waals surface area (Å²) in [6.07, 6.45) is 6.57. The van der Waals surface area contributed by atoms with Crippen LogP contribution in [0.3, 0.4) is 0 Å². The fourth-order valence-corrected chi connectivity index (χ4v) is 2.80. The molecule has 0 aromatic heterocycles. The summed E-state index contributed by atoms with van der Waals surface area (Å²) in [6.45, 7) is 0. The van der Waals surface area contributed by atoms with Crippen molar-refractivity contribution in [2.45, 2.75) is 49.4 Å². The highest BCUT2D eigenvalue weighted by atomic mass is 79.9. The first-order valence-corrected chi connectivity index (χ1v) is 7.81. The van der Waals surface area contributed by atoms with Crippen LogP contribution in [0.2, 0.25) is 0 Å². The van der Waals surface area contributed by atoms with E-state index in [9.17, 15) is 4.79 Å². The number of hydroxylamine groups is 1. The van der Waals surface area contributed by atoms with Crippen LogP contribution in [-0.2, 0) is 16.1 Å². The summed E-state index contributed by atoms with van der Waals surface area (Å²) in [6, 6.07) is 10.3. The number of rotatable bonds is 5. The Hall–Kier alpha value is -0.870. The Morgan fingerprint density at radius 1 is 1.26 bits per heavy atom. The molecule has 0 heterocycles. The van der Waals surface area contributed by atoms with Crippen LogP contribution in [0.5, 0.6) is 0 Å². The zero-order chi connectivity index (χ0) is 13.5. The Labute approximate surface area is 122 Å². The molecule has 0 amide bonds. The van der Waals surface area contributed by atoms with Crippen LogP contribution < -0.4 is 5.48 Å². The van der Waals surface area contributed by atoms with Crippen LogP contribution in [-0.4, -0.2) is 16.8 Å². The highest BCUT2D eigenvalue weighted by Gasteiger charge is 2.20. The number of hydrogen-bond acceptors (Lipinski definition) is 3. The average Bonchev–Trinajstić information content (AvgIpc) is 2.47. The smallest absolute Gasteiger partial charge is 0.338 e. The minimum atomic E-state index is -0.300. The lowest BCUT2D eigenvalue weighted by molar-refractivity contribution is -0.152. The molecule has 1 atom stereocenters. The van der Waals surface area contributed by atoms with E-state index in [2.05, 4.69) is 21.4 Å². The zero-order valence-corrected chi connectivity index (χ0v) is 12.6. The molecule has 1 N–H and O–H groups in total. The molecule has 19 heavy (non-hydrogen) atoms. The standard InChI is InChI=1S/C15H20BrNO2/c16-14(11-12-7-3-1-4-8-12)15(18)19-17-13-9-5-2-6-10-13/h1,3-4,7-8,13-14,17H,2,5-6,9-11H2/t14-/m1/s1. The first kappa shape index (κ1) is 14.5. The highest BCUT2D eigenvalue weighted by molar-refractivity contribution is 9.10. The van der Waals surface area contributed by atoms with E-state index in [0.29, 0.717) is 12.5 Å². The molecule has 0 saturated heterocycles. The van der Waals surface area contributed by atoms with Crippen molar-refractivity contribution in [2.75, 3.05) is 0 Å². The molecule has 1 fully saturated rings. The predicted molar refractivity (Wildman–Crippen MR) is 79.0 cm³/mol. The Morgan fingerprint density at radius 3 is 2.63 bits per heavy atom. The summed E-state index contributed by atoms with van der Waals surface area (Å²) in [7, 11) is 0. The van der Waals surface area contributed by atoms with E-state index < -0.39 is 0 Å². The summed E-state index contributed by atoms with van der Waals surface area (Å²) < 4.78 is 0. The largest absolute Gasteiger partial charge is 0.369 e. The SMILES string of the molecule is O=C(ONC1CCCCC1)[C@H](Br)Cc1ccccc1. The van der Waals surface area contributed by atoms with E-state index in [1.165, 1.54) is 19.3 Å². The lowest BCUT2D eigenvalue weighted by atomic mass is 9.96. The fourth-order valence-electron chi connectivity index (χ4n) is 2.33. The first-order chi connectivity index (χ1) is 9.25. The molecule has 1 saturated carbocycles. The van der Waals surface area contributed by atoms with Gasteiger partial charge in [0, 0.05) is 6.04 Å². The normalized spacial score (nSPS) is 17.9. The molecule has 2 rings (SSSR count). The van der Waals surface area contributed by atoms with E-state index >= 15 is 0 Å². The molecule has 1 aliphatic carbocycles. The zero-order valence-electron chi connectivity index (χ0n) is 11.0. The van der Waals surface area contributed by atoms with Crippen LogP contribution >= 0.6 is 15.9 Å². The van der Waals surface area contributed by atoms with E-state index in [-0.39, 0.29) is 10.8 Å². The van der Waals surface area contributed by atoms with Crippen LogP contribution in [0.4, 0.5) is 0 Å². The van der Waals surface area contributed by atoms with Gasteiger partial charge in [0.2, 0.25) is 0 Å². The van der Waals surface area contributed by atoms with E-state index in [1.807, 2.05) is 30.3 Å². The quantitative estimate of drug-likeness (QED) is 0.666. The average molecular weight is 326 g/mol. The summed E-state index contributed by atoms with van der Waals surface area (Å²) in [5.74, 6) is -0.241. The molecule has 4 heteroatoms. The molecule has 0 aliphatic heterocycles. The van der Waals surface area contributed by atoms with Gasteiger partial charge in [-0.3, -0.25) is 0 Å². The number of hydrogen-bond donors (Lipinski definition) is 1. The van der Waals surface area contributed by atoms with Gasteiger partial charge in [0.25, 0.3) is 0 Å². The van der Waals surface area contributed by atoms with Crippen molar-refractivity contribution < 1.29 is 9.63 Å². The van der Waals surface area contributed by atoms with Crippen molar-refractivity contribution in [2.24, 2.45) is 0 Å². The lowest BCUT2D eigenvalue weighted by Gasteiger charge is -2.22. The monoisotopic (exact) mass is 325 g/mol. The number of carbonyl (C=O) groups is 1. The highest BCUT2D eigenvalue weighted by Crippen LogP contribution is 2.18. The molecule has 1 aromatic carbocycles. The minimum absolute atomic E-state index is 0.241. The summed E-state index contributed by atoms with van der Waals surface area (Å²) in [4.78, 5) is 16.7. The van der Waals surface area contributed by atoms with Gasteiger partial charge in [-0.2, -0.15) is 0 Å². The third kappa shape index (κ3) is 4.96. The summed E-state index contributed by atoms with van der Waals surface area (Å²) >= 11 is 3.39. The first-order valence-electron chi connectivity index (χ1n) is 6.90. The maximum atomic E-state index is 11.9. The molecule has 1 aliphatic rings. The Morgan fingerprint density at radius 2 is 1.95 bits per heavy atom. The molecule has 0 spiro atoms. The molecule has 0 unspecified atom stereocenters. The Balaban J connectivity index is 1.73. The van der Waals surface area contributed by atoms with E-state index in [1.54, 1.807) is 0 Å². The number of nitrogens with one attached hydrogen (secondary N) is 1. The van der Waals surface area contributed by atoms with Gasteiger partial charge in [0.05, 0.1) is 0 Å². The van der Waals surface area contributed by atoms with E-state index in [0.717, 1.165) is 18.4 Å². The number of halogens is 1. The number of benzene rings is 1. The molecule has 104 valence electrons. The van der Waals surface area contributed by atoms with Gasteiger partial charge in [-0.25, -0.2) is 4.79 Å². The maximum Gasteiger partial charge on any atom is 0.338 e. The van der Waals surface area contributed by atoms with Crippen molar-refractivity contribution in [1.82, 2.24) is 5.48 Å². The second-order valence-electron chi connectivity index (χ2n) is 5.03. The second kappa shape index (κ2) is 7.65. The predicted octanol–water partition coefficient (Wildman–Crippen LogP) is 3.37. The van der Waals surface area contributed by atoms with Gasteiger partial charge >= 0.3 is 5.97 Å². The van der Waals surface area contributed by atoms with Gasteiger partial charge in [-0.1, -0.05) is 65.5 Å². The third-order valence-electron chi connectivity index (χ3n) is 3.44.